The van der Waals surface area contributed by atoms with Gasteiger partial charge in [-0.25, -0.2) is 0 Å². The molecule has 0 atom stereocenters. The predicted molar refractivity (Wildman–Crippen MR) is 69.8 cm³/mol. The molecule has 1 amide bonds. The van der Waals surface area contributed by atoms with Gasteiger partial charge in [0.15, 0.2) is 0 Å². The Balaban J connectivity index is 2.98. The Morgan fingerprint density at radius 2 is 2.19 bits per heavy atom. The van der Waals surface area contributed by atoms with E-state index in [0.29, 0.717) is 6.04 Å². The van der Waals surface area contributed by atoms with E-state index in [0.717, 1.165) is 23.1 Å². The molecule has 0 saturated heterocycles. The second kappa shape index (κ2) is 5.53. The summed E-state index contributed by atoms with van der Waals surface area (Å²) in [6, 6.07) is 2.18. The van der Waals surface area contributed by atoms with Crippen molar-refractivity contribution in [1.82, 2.24) is 9.47 Å². The summed E-state index contributed by atoms with van der Waals surface area (Å²) in [4.78, 5) is 13.9. The molecule has 4 heteroatoms. The van der Waals surface area contributed by atoms with Crippen LogP contribution in [0, 0.1) is 0 Å². The number of hydrogen-bond acceptors (Lipinski definition) is 1. The van der Waals surface area contributed by atoms with Crippen LogP contribution in [0.4, 0.5) is 0 Å². The fourth-order valence-corrected chi connectivity index (χ4v) is 2.11. The molecule has 0 bridgehead atoms. The third kappa shape index (κ3) is 2.88. The van der Waals surface area contributed by atoms with E-state index in [1.54, 1.807) is 4.90 Å². The third-order valence-electron chi connectivity index (χ3n) is 2.50. The van der Waals surface area contributed by atoms with E-state index in [1.165, 1.54) is 0 Å². The smallest absolute Gasteiger partial charge is 0.270 e. The van der Waals surface area contributed by atoms with Gasteiger partial charge in [-0.1, -0.05) is 6.92 Å². The maximum Gasteiger partial charge on any atom is 0.270 e. The lowest BCUT2D eigenvalue weighted by Gasteiger charge is -2.19. The summed E-state index contributed by atoms with van der Waals surface area (Å²) in [6.07, 6.45) is 2.93. The van der Waals surface area contributed by atoms with Gasteiger partial charge in [-0.3, -0.25) is 4.79 Å². The lowest BCUT2D eigenvalue weighted by Crippen LogP contribution is -2.29. The summed E-state index contributed by atoms with van der Waals surface area (Å²) in [5.74, 6) is 0.0845. The monoisotopic (exact) mass is 286 g/mol. The van der Waals surface area contributed by atoms with E-state index in [4.69, 9.17) is 0 Å². The van der Waals surface area contributed by atoms with E-state index in [-0.39, 0.29) is 5.91 Å². The molecule has 0 radical (unpaired) electrons. The molecule has 1 aromatic rings. The molecule has 1 aromatic heterocycles. The second-order valence-corrected chi connectivity index (χ2v) is 5.19. The number of carbonyl (C=O) groups is 1. The van der Waals surface area contributed by atoms with Crippen molar-refractivity contribution in [3.8, 4) is 0 Å². The number of carbonyl (C=O) groups excluding carboxylic acids is 1. The van der Waals surface area contributed by atoms with Crippen molar-refractivity contribution >= 4 is 21.8 Å². The summed E-state index contributed by atoms with van der Waals surface area (Å²) >= 11 is 3.42. The maximum atomic E-state index is 12.2. The lowest BCUT2D eigenvalue weighted by atomic mass is 10.3. The highest BCUT2D eigenvalue weighted by molar-refractivity contribution is 9.10. The minimum absolute atomic E-state index is 0.0845. The van der Waals surface area contributed by atoms with Gasteiger partial charge in [0, 0.05) is 30.3 Å². The van der Waals surface area contributed by atoms with E-state index in [2.05, 4.69) is 36.7 Å². The summed E-state index contributed by atoms with van der Waals surface area (Å²) in [5, 5.41) is 0. The van der Waals surface area contributed by atoms with Crippen LogP contribution in [0.25, 0.3) is 0 Å². The fourth-order valence-electron chi connectivity index (χ4n) is 1.68. The van der Waals surface area contributed by atoms with E-state index in [1.807, 2.05) is 23.9 Å². The van der Waals surface area contributed by atoms with Crippen LogP contribution in [0.5, 0.6) is 0 Å². The maximum absolute atomic E-state index is 12.2. The Bertz CT molecular complexity index is 371. The molecule has 0 aliphatic rings. The third-order valence-corrected chi connectivity index (χ3v) is 2.93. The minimum atomic E-state index is 0.0845. The molecule has 0 aliphatic carbocycles. The summed E-state index contributed by atoms with van der Waals surface area (Å²) in [7, 11) is 1.84. The van der Waals surface area contributed by atoms with Crippen molar-refractivity contribution in [2.24, 2.45) is 0 Å². The summed E-state index contributed by atoms with van der Waals surface area (Å²) < 4.78 is 2.95. The minimum Gasteiger partial charge on any atom is -0.340 e. The summed E-state index contributed by atoms with van der Waals surface area (Å²) in [5.41, 5.74) is 0.748. The molecule has 0 spiro atoms. The number of rotatable bonds is 4. The van der Waals surface area contributed by atoms with Gasteiger partial charge in [-0.15, -0.1) is 0 Å². The molecule has 0 aromatic carbocycles. The van der Waals surface area contributed by atoms with Crippen molar-refractivity contribution in [1.29, 1.82) is 0 Å². The van der Waals surface area contributed by atoms with Gasteiger partial charge >= 0.3 is 0 Å². The van der Waals surface area contributed by atoms with Gasteiger partial charge in [-0.2, -0.15) is 0 Å². The molecule has 1 heterocycles. The Morgan fingerprint density at radius 1 is 1.56 bits per heavy atom. The largest absolute Gasteiger partial charge is 0.340 e. The van der Waals surface area contributed by atoms with Crippen LogP contribution in [-0.2, 0) is 0 Å². The molecule has 0 saturated carbocycles. The number of nitrogens with zero attached hydrogens (tertiary/aromatic N) is 2. The first-order valence-corrected chi connectivity index (χ1v) is 6.39. The van der Waals surface area contributed by atoms with Crippen LogP contribution in [0.2, 0.25) is 0 Å². The average molecular weight is 287 g/mol. The van der Waals surface area contributed by atoms with E-state index in [9.17, 15) is 4.79 Å². The first-order chi connectivity index (χ1) is 7.47. The Hall–Kier alpha value is -0.770. The number of aromatic nitrogens is 1. The first-order valence-electron chi connectivity index (χ1n) is 5.60. The molecule has 0 fully saturated rings. The lowest BCUT2D eigenvalue weighted by molar-refractivity contribution is 0.0783. The molecular weight excluding hydrogens is 268 g/mol. The predicted octanol–water partition coefficient (Wildman–Crippen LogP) is 3.31. The van der Waals surface area contributed by atoms with Gasteiger partial charge in [-0.05, 0) is 42.3 Å². The molecular formula is C12H19BrN2O. The van der Waals surface area contributed by atoms with Crippen molar-refractivity contribution < 1.29 is 4.79 Å². The average Bonchev–Trinajstić information content (AvgIpc) is 2.59. The van der Waals surface area contributed by atoms with Crippen LogP contribution >= 0.6 is 15.9 Å². The first kappa shape index (κ1) is 13.3. The zero-order valence-corrected chi connectivity index (χ0v) is 11.9. The molecule has 0 aliphatic heterocycles. The van der Waals surface area contributed by atoms with Gasteiger partial charge < -0.3 is 9.47 Å². The highest BCUT2D eigenvalue weighted by atomic mass is 79.9. The fraction of sp³-hybridized carbons (Fsp3) is 0.583. The molecule has 90 valence electrons. The van der Waals surface area contributed by atoms with Crippen LogP contribution in [0.15, 0.2) is 16.7 Å². The van der Waals surface area contributed by atoms with Gasteiger partial charge in [0.1, 0.15) is 5.69 Å². The van der Waals surface area contributed by atoms with Crippen molar-refractivity contribution in [2.75, 3.05) is 13.6 Å². The molecule has 1 rings (SSSR count). The van der Waals surface area contributed by atoms with Gasteiger partial charge in [0.05, 0.1) is 0 Å². The van der Waals surface area contributed by atoms with Crippen molar-refractivity contribution in [3.63, 3.8) is 0 Å². The second-order valence-electron chi connectivity index (χ2n) is 4.27. The Labute approximate surface area is 106 Å². The zero-order valence-electron chi connectivity index (χ0n) is 10.3. The highest BCUT2D eigenvalue weighted by Gasteiger charge is 2.17. The van der Waals surface area contributed by atoms with E-state index < -0.39 is 0 Å². The molecule has 3 nitrogen and oxygen atoms in total. The van der Waals surface area contributed by atoms with Crippen LogP contribution < -0.4 is 0 Å². The summed E-state index contributed by atoms with van der Waals surface area (Å²) in [6.45, 7) is 7.01. The molecule has 0 unspecified atom stereocenters. The number of amides is 1. The van der Waals surface area contributed by atoms with Crippen molar-refractivity contribution in [2.45, 2.75) is 33.2 Å². The van der Waals surface area contributed by atoms with Crippen molar-refractivity contribution in [3.05, 3.63) is 22.4 Å². The van der Waals surface area contributed by atoms with Gasteiger partial charge in [0.2, 0.25) is 0 Å². The molecule has 0 N–H and O–H groups in total. The number of hydrogen-bond donors (Lipinski definition) is 0. The Kier molecular flexibility index (Phi) is 4.59. The van der Waals surface area contributed by atoms with Crippen LogP contribution in [-0.4, -0.2) is 29.0 Å². The quantitative estimate of drug-likeness (QED) is 0.834. The normalized spacial score (nSPS) is 10.9. The number of halogens is 1. The topological polar surface area (TPSA) is 25.2 Å². The van der Waals surface area contributed by atoms with E-state index >= 15 is 0 Å². The molecule has 16 heavy (non-hydrogen) atoms. The Morgan fingerprint density at radius 3 is 2.69 bits per heavy atom. The standard InChI is InChI=1S/C12H19BrN2O/c1-5-6-14(4)12(16)11-7-10(13)8-15(11)9(2)3/h7-9H,5-6H2,1-4H3. The highest BCUT2D eigenvalue weighted by Crippen LogP contribution is 2.20. The van der Waals surface area contributed by atoms with Crippen LogP contribution in [0.3, 0.4) is 0 Å². The van der Waals surface area contributed by atoms with Gasteiger partial charge in [0.25, 0.3) is 5.91 Å². The zero-order chi connectivity index (χ0) is 12.3. The SMILES string of the molecule is CCCN(C)C(=O)c1cc(Br)cn1C(C)C. The van der Waals surface area contributed by atoms with Crippen LogP contribution in [0.1, 0.15) is 43.7 Å².